The Morgan fingerprint density at radius 3 is 2.07 bits per heavy atom. The van der Waals surface area contributed by atoms with Gasteiger partial charge in [0.2, 0.25) is 0 Å². The molecule has 0 atom stereocenters. The van der Waals surface area contributed by atoms with Crippen molar-refractivity contribution >= 4 is 11.8 Å². The number of para-hydroxylation sites is 1. The van der Waals surface area contributed by atoms with Crippen LogP contribution in [0.25, 0.3) is 5.69 Å². The topological polar surface area (TPSA) is 67.7 Å². The van der Waals surface area contributed by atoms with E-state index in [0.29, 0.717) is 37.5 Å². The smallest absolute Gasteiger partial charge is 0.278 e. The first-order valence-corrected chi connectivity index (χ1v) is 9.91. The number of carbonyl (C=O) groups is 2. The van der Waals surface area contributed by atoms with E-state index in [0.717, 1.165) is 11.3 Å². The number of aromatic nitrogens is 2. The Labute approximate surface area is 175 Å². The van der Waals surface area contributed by atoms with Crippen molar-refractivity contribution in [1.82, 2.24) is 19.6 Å². The maximum absolute atomic E-state index is 13.1. The average molecular weight is 404 g/mol. The van der Waals surface area contributed by atoms with Crippen molar-refractivity contribution in [3.05, 3.63) is 77.6 Å². The number of amides is 2. The zero-order valence-electron chi connectivity index (χ0n) is 17.1. The molecule has 4 rings (SSSR count). The zero-order valence-corrected chi connectivity index (χ0v) is 17.1. The predicted molar refractivity (Wildman–Crippen MR) is 113 cm³/mol. The molecule has 0 aliphatic carbocycles. The number of hydrogen-bond donors (Lipinski definition) is 0. The summed E-state index contributed by atoms with van der Waals surface area (Å²) in [4.78, 5) is 29.3. The van der Waals surface area contributed by atoms with Crippen molar-refractivity contribution in [2.24, 2.45) is 0 Å². The minimum absolute atomic E-state index is 0.00645. The highest BCUT2D eigenvalue weighted by atomic mass is 16.5. The fourth-order valence-corrected chi connectivity index (χ4v) is 3.51. The minimum atomic E-state index is -0.191. The van der Waals surface area contributed by atoms with Crippen molar-refractivity contribution in [3.63, 3.8) is 0 Å². The minimum Gasteiger partial charge on any atom is -0.493 e. The molecule has 154 valence electrons. The van der Waals surface area contributed by atoms with Gasteiger partial charge in [-0.3, -0.25) is 9.59 Å². The van der Waals surface area contributed by atoms with Crippen LogP contribution in [-0.4, -0.2) is 64.7 Å². The zero-order chi connectivity index (χ0) is 21.1. The standard InChI is InChI=1S/C23H24N4O3/c1-17-8-10-18(11-9-17)22(28)25-12-14-26(15-13-25)23(29)21-20(30-2)16-27(24-21)19-6-4-3-5-7-19/h3-11,16H,12-15H2,1-2H3. The van der Waals surface area contributed by atoms with E-state index in [2.05, 4.69) is 5.10 Å². The number of nitrogens with zero attached hydrogens (tertiary/aromatic N) is 4. The average Bonchev–Trinajstić information content (AvgIpc) is 3.24. The molecule has 1 aliphatic rings. The van der Waals surface area contributed by atoms with Gasteiger partial charge in [0.15, 0.2) is 11.4 Å². The van der Waals surface area contributed by atoms with E-state index in [1.807, 2.05) is 61.5 Å². The van der Waals surface area contributed by atoms with Crippen molar-refractivity contribution in [2.75, 3.05) is 33.3 Å². The van der Waals surface area contributed by atoms with Gasteiger partial charge in [0, 0.05) is 31.7 Å². The fraction of sp³-hybridized carbons (Fsp3) is 0.261. The van der Waals surface area contributed by atoms with Crippen LogP contribution in [0.1, 0.15) is 26.4 Å². The van der Waals surface area contributed by atoms with Gasteiger partial charge >= 0.3 is 0 Å². The van der Waals surface area contributed by atoms with Gasteiger partial charge in [-0.1, -0.05) is 35.9 Å². The third-order valence-corrected chi connectivity index (χ3v) is 5.28. The van der Waals surface area contributed by atoms with Gasteiger partial charge in [-0.25, -0.2) is 4.68 Å². The third-order valence-electron chi connectivity index (χ3n) is 5.28. The first kappa shape index (κ1) is 19.7. The van der Waals surface area contributed by atoms with Gasteiger partial charge in [-0.05, 0) is 31.2 Å². The van der Waals surface area contributed by atoms with E-state index >= 15 is 0 Å². The molecule has 0 bridgehead atoms. The van der Waals surface area contributed by atoms with Crippen LogP contribution >= 0.6 is 0 Å². The van der Waals surface area contributed by atoms with Crippen LogP contribution in [0.3, 0.4) is 0 Å². The highest BCUT2D eigenvalue weighted by molar-refractivity contribution is 5.96. The number of ether oxygens (including phenoxy) is 1. The first-order valence-electron chi connectivity index (χ1n) is 9.91. The largest absolute Gasteiger partial charge is 0.493 e. The van der Waals surface area contributed by atoms with Crippen LogP contribution in [0.5, 0.6) is 5.75 Å². The quantitative estimate of drug-likeness (QED) is 0.671. The van der Waals surface area contributed by atoms with Gasteiger partial charge in [0.25, 0.3) is 11.8 Å². The Bertz CT molecular complexity index is 1040. The van der Waals surface area contributed by atoms with E-state index in [9.17, 15) is 9.59 Å². The molecule has 0 N–H and O–H groups in total. The van der Waals surface area contributed by atoms with Crippen molar-refractivity contribution < 1.29 is 14.3 Å². The maximum atomic E-state index is 13.1. The molecule has 2 amide bonds. The number of hydrogen-bond acceptors (Lipinski definition) is 4. The summed E-state index contributed by atoms with van der Waals surface area (Å²) in [5, 5.41) is 4.46. The second-order valence-electron chi connectivity index (χ2n) is 7.28. The highest BCUT2D eigenvalue weighted by Crippen LogP contribution is 2.22. The number of rotatable bonds is 4. The van der Waals surface area contributed by atoms with Crippen LogP contribution in [0.2, 0.25) is 0 Å². The third kappa shape index (κ3) is 3.91. The van der Waals surface area contributed by atoms with E-state index in [-0.39, 0.29) is 17.5 Å². The lowest BCUT2D eigenvalue weighted by molar-refractivity contribution is 0.0530. The monoisotopic (exact) mass is 404 g/mol. The molecule has 3 aromatic rings. The number of methoxy groups -OCH3 is 1. The molecular weight excluding hydrogens is 380 g/mol. The molecule has 0 saturated carbocycles. The van der Waals surface area contributed by atoms with Crippen LogP contribution in [0.4, 0.5) is 0 Å². The van der Waals surface area contributed by atoms with Gasteiger partial charge in [0.1, 0.15) is 0 Å². The number of carbonyl (C=O) groups excluding carboxylic acids is 2. The highest BCUT2D eigenvalue weighted by Gasteiger charge is 2.29. The summed E-state index contributed by atoms with van der Waals surface area (Å²) >= 11 is 0. The van der Waals surface area contributed by atoms with E-state index in [1.54, 1.807) is 20.7 Å². The van der Waals surface area contributed by atoms with Crippen LogP contribution < -0.4 is 4.74 Å². The Balaban J connectivity index is 1.45. The van der Waals surface area contributed by atoms with Crippen LogP contribution in [-0.2, 0) is 0 Å². The number of aryl methyl sites for hydroxylation is 1. The van der Waals surface area contributed by atoms with Gasteiger partial charge in [-0.2, -0.15) is 5.10 Å². The lowest BCUT2D eigenvalue weighted by Crippen LogP contribution is -2.50. The Morgan fingerprint density at radius 1 is 0.867 bits per heavy atom. The molecule has 2 aromatic carbocycles. The molecular formula is C23H24N4O3. The molecule has 7 heteroatoms. The molecule has 0 radical (unpaired) electrons. The summed E-state index contributed by atoms with van der Waals surface area (Å²) in [7, 11) is 1.53. The fourth-order valence-electron chi connectivity index (χ4n) is 3.51. The van der Waals surface area contributed by atoms with Crippen LogP contribution in [0.15, 0.2) is 60.8 Å². The van der Waals surface area contributed by atoms with Gasteiger partial charge < -0.3 is 14.5 Å². The van der Waals surface area contributed by atoms with E-state index in [1.165, 1.54) is 7.11 Å². The Morgan fingerprint density at radius 2 is 1.47 bits per heavy atom. The van der Waals surface area contributed by atoms with Crippen LogP contribution in [0, 0.1) is 6.92 Å². The molecule has 7 nitrogen and oxygen atoms in total. The molecule has 2 heterocycles. The summed E-state index contributed by atoms with van der Waals surface area (Å²) in [6.45, 7) is 3.88. The molecule has 1 fully saturated rings. The normalized spacial score (nSPS) is 13.9. The van der Waals surface area contributed by atoms with Crippen molar-refractivity contribution in [1.29, 1.82) is 0 Å². The number of piperazine rings is 1. The summed E-state index contributed by atoms with van der Waals surface area (Å²) < 4.78 is 7.03. The predicted octanol–water partition coefficient (Wildman–Crippen LogP) is 2.79. The van der Waals surface area contributed by atoms with Gasteiger partial charge in [0.05, 0.1) is 19.0 Å². The lowest BCUT2D eigenvalue weighted by atomic mass is 10.1. The molecule has 1 aliphatic heterocycles. The van der Waals surface area contributed by atoms with E-state index in [4.69, 9.17) is 4.74 Å². The summed E-state index contributed by atoms with van der Waals surface area (Å²) in [6, 6.07) is 17.1. The summed E-state index contributed by atoms with van der Waals surface area (Å²) in [5.74, 6) is 0.235. The maximum Gasteiger partial charge on any atom is 0.278 e. The number of benzene rings is 2. The van der Waals surface area contributed by atoms with E-state index < -0.39 is 0 Å². The molecule has 30 heavy (non-hydrogen) atoms. The lowest BCUT2D eigenvalue weighted by Gasteiger charge is -2.34. The van der Waals surface area contributed by atoms with Crippen molar-refractivity contribution in [2.45, 2.75) is 6.92 Å². The van der Waals surface area contributed by atoms with Gasteiger partial charge in [-0.15, -0.1) is 0 Å². The molecule has 1 aromatic heterocycles. The SMILES string of the molecule is COc1cn(-c2ccccc2)nc1C(=O)N1CCN(C(=O)c2ccc(C)cc2)CC1. The molecule has 1 saturated heterocycles. The van der Waals surface area contributed by atoms with Crippen molar-refractivity contribution in [3.8, 4) is 11.4 Å². The summed E-state index contributed by atoms with van der Waals surface area (Å²) in [5.41, 5.74) is 2.91. The Kier molecular flexibility index (Phi) is 5.52. The second kappa shape index (κ2) is 8.41. The summed E-state index contributed by atoms with van der Waals surface area (Å²) in [6.07, 6.45) is 1.71. The molecule has 0 unspecified atom stereocenters. The molecule has 0 spiro atoms. The second-order valence-corrected chi connectivity index (χ2v) is 7.28. The Hall–Kier alpha value is -3.61. The first-order chi connectivity index (χ1) is 14.6.